The first-order chi connectivity index (χ1) is 3.95. The number of halogens is 1. The van der Waals surface area contributed by atoms with Crippen LogP contribution in [0.4, 0.5) is 0 Å². The van der Waals surface area contributed by atoms with Crippen LogP contribution in [-0.4, -0.2) is 8.07 Å². The predicted octanol–water partition coefficient (Wildman–Crippen LogP) is 3.66. The highest BCUT2D eigenvalue weighted by Crippen LogP contribution is 2.16. The molecule has 0 aromatic carbocycles. The number of allylic oxidation sites excluding steroid dienone is 1. The van der Waals surface area contributed by atoms with Crippen molar-refractivity contribution >= 4 is 30.7 Å². The van der Waals surface area contributed by atoms with Gasteiger partial charge in [0.1, 0.15) is 0 Å². The van der Waals surface area contributed by atoms with E-state index in [-0.39, 0.29) is 0 Å². The molecule has 0 N–H and O–H groups in total. The average Bonchev–Trinajstić information content (AvgIpc) is 1.62. The Morgan fingerprint density at radius 1 is 1.44 bits per heavy atom. The van der Waals surface area contributed by atoms with Crippen LogP contribution in [0, 0.1) is 0 Å². The van der Waals surface area contributed by atoms with E-state index in [1.165, 1.54) is 11.6 Å². The second-order valence-electron chi connectivity index (χ2n) is 3.69. The van der Waals surface area contributed by atoms with Crippen LogP contribution in [0.1, 0.15) is 6.92 Å². The molecule has 0 aliphatic rings. The minimum Gasteiger partial charge on any atom is -0.0699 e. The molecule has 0 saturated heterocycles. The molecule has 9 heavy (non-hydrogen) atoms. The van der Waals surface area contributed by atoms with Crippen molar-refractivity contribution in [2.75, 3.05) is 0 Å². The van der Waals surface area contributed by atoms with Gasteiger partial charge in [-0.25, -0.2) is 0 Å². The minimum atomic E-state index is -0.814. The molecular formula is C7H15ISi. The number of hydrogen-bond donors (Lipinski definition) is 0. The third-order valence-corrected chi connectivity index (χ3v) is 3.68. The summed E-state index contributed by atoms with van der Waals surface area (Å²) in [6.07, 6.45) is 0. The van der Waals surface area contributed by atoms with Crippen LogP contribution in [-0.2, 0) is 0 Å². The maximum absolute atomic E-state index is 2.40. The van der Waals surface area contributed by atoms with Crippen molar-refractivity contribution in [1.29, 1.82) is 0 Å². The van der Waals surface area contributed by atoms with Crippen molar-refractivity contribution in [2.45, 2.75) is 32.6 Å². The molecule has 0 fully saturated rings. The molecule has 0 atom stereocenters. The second kappa shape index (κ2) is 3.76. The molecule has 2 heteroatoms. The summed E-state index contributed by atoms with van der Waals surface area (Å²) in [4.78, 5) is 0. The van der Waals surface area contributed by atoms with Crippen LogP contribution in [0.3, 0.4) is 0 Å². The van der Waals surface area contributed by atoms with Gasteiger partial charge in [-0.1, -0.05) is 47.8 Å². The van der Waals surface area contributed by atoms with Gasteiger partial charge >= 0.3 is 0 Å². The van der Waals surface area contributed by atoms with Crippen molar-refractivity contribution in [3.8, 4) is 0 Å². The molecule has 0 unspecified atom stereocenters. The zero-order valence-corrected chi connectivity index (χ0v) is 9.82. The normalized spacial score (nSPS) is 14.1. The average molecular weight is 254 g/mol. The Labute approximate surface area is 72.9 Å². The smallest absolute Gasteiger partial charge is 0.0483 e. The van der Waals surface area contributed by atoms with Gasteiger partial charge in [-0.2, -0.15) is 0 Å². The summed E-state index contributed by atoms with van der Waals surface area (Å²) in [5.74, 6) is 0. The van der Waals surface area contributed by atoms with Crippen molar-refractivity contribution in [3.05, 3.63) is 9.66 Å². The fourth-order valence-corrected chi connectivity index (χ4v) is 3.29. The van der Waals surface area contributed by atoms with Crippen LogP contribution in [0.25, 0.3) is 0 Å². The van der Waals surface area contributed by atoms with Crippen molar-refractivity contribution in [1.82, 2.24) is 0 Å². The molecule has 0 aliphatic heterocycles. The quantitative estimate of drug-likeness (QED) is 0.521. The zero-order chi connectivity index (χ0) is 7.49. The maximum Gasteiger partial charge on any atom is 0.0483 e. The van der Waals surface area contributed by atoms with Gasteiger partial charge in [0, 0.05) is 8.07 Å². The van der Waals surface area contributed by atoms with Crippen molar-refractivity contribution < 1.29 is 0 Å². The third-order valence-electron chi connectivity index (χ3n) is 0.995. The molecule has 0 aromatic heterocycles. The lowest BCUT2D eigenvalue weighted by atomic mass is 10.4. The molecule has 0 spiro atoms. The fourth-order valence-electron chi connectivity index (χ4n) is 0.875. The summed E-state index contributed by atoms with van der Waals surface area (Å²) in [6, 6.07) is 1.34. The van der Waals surface area contributed by atoms with E-state index in [9.17, 15) is 0 Å². The highest BCUT2D eigenvalue weighted by Gasteiger charge is 2.12. The van der Waals surface area contributed by atoms with Crippen LogP contribution in [0.5, 0.6) is 0 Å². The van der Waals surface area contributed by atoms with E-state index in [1.807, 2.05) is 0 Å². The Hall–Kier alpha value is 0.687. The first kappa shape index (κ1) is 9.69. The molecule has 0 rings (SSSR count). The lowest BCUT2D eigenvalue weighted by Crippen LogP contribution is -2.18. The van der Waals surface area contributed by atoms with Crippen molar-refractivity contribution in [2.24, 2.45) is 0 Å². The summed E-state index contributed by atoms with van der Waals surface area (Å²) < 4.78 is 2.19. The highest BCUT2D eigenvalue weighted by molar-refractivity contribution is 14.1. The van der Waals surface area contributed by atoms with Gasteiger partial charge in [0.05, 0.1) is 0 Å². The Morgan fingerprint density at radius 3 is 2.00 bits per heavy atom. The lowest BCUT2D eigenvalue weighted by molar-refractivity contribution is 1.33. The molecule has 0 nitrogen and oxygen atoms in total. The molecule has 0 aromatic rings. The van der Waals surface area contributed by atoms with Gasteiger partial charge in [-0.3, -0.25) is 0 Å². The second-order valence-corrected chi connectivity index (χ2v) is 9.79. The summed E-state index contributed by atoms with van der Waals surface area (Å²) in [5.41, 5.74) is 1.54. The van der Waals surface area contributed by atoms with Crippen LogP contribution in [0.15, 0.2) is 9.66 Å². The van der Waals surface area contributed by atoms with Gasteiger partial charge in [-0.15, -0.1) is 0 Å². The van der Waals surface area contributed by atoms with Crippen LogP contribution in [0.2, 0.25) is 25.7 Å². The molecule has 0 amide bonds. The largest absolute Gasteiger partial charge is 0.0699 e. The van der Waals surface area contributed by atoms with E-state index >= 15 is 0 Å². The van der Waals surface area contributed by atoms with Gasteiger partial charge in [-0.05, 0) is 17.1 Å². The minimum absolute atomic E-state index is 0.814. The maximum atomic E-state index is 2.40. The summed E-state index contributed by atoms with van der Waals surface area (Å²) in [5, 5.41) is 0. The SMILES string of the molecule is C/C(=C\I)C[Si](C)(C)C. The standard InChI is InChI=1S/C7H15ISi/c1-7(5-8)6-9(2,3)4/h5H,6H2,1-4H3/b7-5+. The van der Waals surface area contributed by atoms with E-state index in [2.05, 4.69) is 53.2 Å². The Balaban J connectivity index is 3.75. The van der Waals surface area contributed by atoms with Crippen LogP contribution < -0.4 is 0 Å². The Morgan fingerprint density at radius 2 is 1.89 bits per heavy atom. The third kappa shape index (κ3) is 6.57. The summed E-state index contributed by atoms with van der Waals surface area (Å²) in [6.45, 7) is 9.41. The van der Waals surface area contributed by atoms with Gasteiger partial charge in [0.15, 0.2) is 0 Å². The molecule has 0 saturated carbocycles. The van der Waals surface area contributed by atoms with E-state index in [1.54, 1.807) is 0 Å². The monoisotopic (exact) mass is 254 g/mol. The zero-order valence-electron chi connectivity index (χ0n) is 6.66. The fraction of sp³-hybridized carbons (Fsp3) is 0.714. The Kier molecular flexibility index (Phi) is 4.04. The van der Waals surface area contributed by atoms with E-state index in [0.29, 0.717) is 0 Å². The van der Waals surface area contributed by atoms with Gasteiger partial charge in [0.25, 0.3) is 0 Å². The molecular weight excluding hydrogens is 239 g/mol. The first-order valence-electron chi connectivity index (χ1n) is 3.21. The molecule has 0 bridgehead atoms. The molecule has 0 radical (unpaired) electrons. The summed E-state index contributed by atoms with van der Waals surface area (Å²) >= 11 is 2.31. The lowest BCUT2D eigenvalue weighted by Gasteiger charge is -2.14. The van der Waals surface area contributed by atoms with Gasteiger partial charge < -0.3 is 0 Å². The van der Waals surface area contributed by atoms with E-state index in [0.717, 1.165) is 0 Å². The molecule has 0 heterocycles. The predicted molar refractivity (Wildman–Crippen MR) is 55.9 cm³/mol. The number of hydrogen-bond acceptors (Lipinski definition) is 0. The van der Waals surface area contributed by atoms with E-state index in [4.69, 9.17) is 0 Å². The van der Waals surface area contributed by atoms with E-state index < -0.39 is 8.07 Å². The van der Waals surface area contributed by atoms with Crippen LogP contribution >= 0.6 is 22.6 Å². The van der Waals surface area contributed by atoms with Crippen molar-refractivity contribution in [3.63, 3.8) is 0 Å². The molecule has 54 valence electrons. The highest BCUT2D eigenvalue weighted by atomic mass is 127. The van der Waals surface area contributed by atoms with Gasteiger partial charge in [0.2, 0.25) is 0 Å². The summed E-state index contributed by atoms with van der Waals surface area (Å²) in [7, 11) is -0.814. The first-order valence-corrected chi connectivity index (χ1v) is 8.17. The Bertz CT molecular complexity index is 111. The topological polar surface area (TPSA) is 0 Å². The molecule has 0 aliphatic carbocycles. The number of rotatable bonds is 2.